The first-order chi connectivity index (χ1) is 8.26. The molecule has 0 heterocycles. The van der Waals surface area contributed by atoms with E-state index in [1.54, 1.807) is 25.3 Å². The minimum atomic E-state index is -0.543. The van der Waals surface area contributed by atoms with E-state index < -0.39 is 6.10 Å². The van der Waals surface area contributed by atoms with Crippen molar-refractivity contribution in [2.45, 2.75) is 12.5 Å². The van der Waals surface area contributed by atoms with Crippen LogP contribution in [0.1, 0.15) is 12.0 Å². The van der Waals surface area contributed by atoms with Crippen molar-refractivity contribution >= 4 is 0 Å². The van der Waals surface area contributed by atoms with Crippen LogP contribution in [0.2, 0.25) is 0 Å². The first kappa shape index (κ1) is 13.1. The fourth-order valence-electron chi connectivity index (χ4n) is 1.21. The molecule has 0 aliphatic rings. The van der Waals surface area contributed by atoms with E-state index >= 15 is 0 Å². The summed E-state index contributed by atoms with van der Waals surface area (Å²) < 4.78 is 5.05. The number of benzene rings is 1. The van der Waals surface area contributed by atoms with Gasteiger partial charge in [0.05, 0.1) is 13.2 Å². The molecule has 1 aromatic rings. The van der Waals surface area contributed by atoms with Gasteiger partial charge in [-0.3, -0.25) is 0 Å². The number of rotatable bonds is 4. The molecular weight excluding hydrogens is 212 g/mol. The summed E-state index contributed by atoms with van der Waals surface area (Å²) in [5.41, 5.74) is 0.908. The van der Waals surface area contributed by atoms with Crippen LogP contribution in [0.5, 0.6) is 5.75 Å². The summed E-state index contributed by atoms with van der Waals surface area (Å²) >= 11 is 0. The molecule has 2 heteroatoms. The van der Waals surface area contributed by atoms with E-state index in [0.29, 0.717) is 6.42 Å². The Balaban J connectivity index is 2.53. The maximum Gasteiger partial charge on any atom is 0.118 e. The average Bonchev–Trinajstić information content (AvgIpc) is 2.37. The molecule has 0 aliphatic carbocycles. The van der Waals surface area contributed by atoms with E-state index in [1.165, 1.54) is 0 Å². The van der Waals surface area contributed by atoms with Gasteiger partial charge < -0.3 is 9.84 Å². The van der Waals surface area contributed by atoms with Crippen LogP contribution in [-0.2, 0) is 0 Å². The molecule has 0 unspecified atom stereocenters. The van der Waals surface area contributed by atoms with Crippen molar-refractivity contribution in [2.24, 2.45) is 0 Å². The van der Waals surface area contributed by atoms with Crippen molar-refractivity contribution in [2.75, 3.05) is 7.11 Å². The maximum atomic E-state index is 9.48. The third kappa shape index (κ3) is 5.05. The van der Waals surface area contributed by atoms with Crippen LogP contribution in [0.15, 0.2) is 49.1 Å². The molecule has 1 N–H and O–H groups in total. The van der Waals surface area contributed by atoms with Gasteiger partial charge in [0.1, 0.15) is 5.75 Å². The summed E-state index contributed by atoms with van der Waals surface area (Å²) in [6.07, 6.45) is 4.87. The molecule has 88 valence electrons. The van der Waals surface area contributed by atoms with Crippen LogP contribution < -0.4 is 4.74 Å². The lowest BCUT2D eigenvalue weighted by Gasteiger charge is -1.98. The number of aliphatic hydroxyl groups is 1. The zero-order valence-corrected chi connectivity index (χ0v) is 9.89. The van der Waals surface area contributed by atoms with Crippen LogP contribution >= 0.6 is 0 Å². The molecule has 0 fully saturated rings. The minimum absolute atomic E-state index is 0.413. The van der Waals surface area contributed by atoms with Crippen molar-refractivity contribution in [3.8, 4) is 17.6 Å². The third-order valence-electron chi connectivity index (χ3n) is 2.10. The molecule has 0 aromatic heterocycles. The molecule has 1 atom stereocenters. The van der Waals surface area contributed by atoms with Gasteiger partial charge in [-0.05, 0) is 24.3 Å². The second-order valence-electron chi connectivity index (χ2n) is 3.42. The average molecular weight is 228 g/mol. The fourth-order valence-corrected chi connectivity index (χ4v) is 1.21. The monoisotopic (exact) mass is 228 g/mol. The molecule has 0 saturated carbocycles. The number of methoxy groups -OCH3 is 1. The van der Waals surface area contributed by atoms with Gasteiger partial charge >= 0.3 is 0 Å². The van der Waals surface area contributed by atoms with E-state index in [9.17, 15) is 5.11 Å². The lowest BCUT2D eigenvalue weighted by atomic mass is 10.2. The number of aliphatic hydroxyl groups excluding tert-OH is 1. The van der Waals surface area contributed by atoms with Gasteiger partial charge in [-0.1, -0.05) is 36.6 Å². The Labute approximate surface area is 102 Å². The molecule has 17 heavy (non-hydrogen) atoms. The Morgan fingerprint density at radius 3 is 2.71 bits per heavy atom. The van der Waals surface area contributed by atoms with Crippen molar-refractivity contribution in [3.63, 3.8) is 0 Å². The van der Waals surface area contributed by atoms with E-state index in [2.05, 4.69) is 18.4 Å². The first-order valence-corrected chi connectivity index (χ1v) is 5.36. The number of allylic oxidation sites excluding steroid dienone is 2. The Hall–Kier alpha value is -1.98. The Kier molecular flexibility index (Phi) is 5.63. The minimum Gasteiger partial charge on any atom is -0.497 e. The number of ether oxygens (including phenoxy) is 1. The highest BCUT2D eigenvalue weighted by Gasteiger charge is 1.94. The van der Waals surface area contributed by atoms with Gasteiger partial charge in [-0.25, -0.2) is 0 Å². The standard InChI is InChI=1S/C15H16O2/c1-3-4-7-14(16)8-5-6-13-9-11-15(17-2)12-10-13/h3-4,7,9-12,14,16H,1,8H2,2H3/b7-4+/t14-/m0/s1. The topological polar surface area (TPSA) is 29.5 Å². The summed E-state index contributed by atoms with van der Waals surface area (Å²) in [7, 11) is 1.63. The van der Waals surface area contributed by atoms with Crippen LogP contribution in [-0.4, -0.2) is 18.3 Å². The molecule has 0 spiro atoms. The van der Waals surface area contributed by atoms with E-state index in [0.717, 1.165) is 11.3 Å². The Morgan fingerprint density at radius 1 is 1.41 bits per heavy atom. The normalized spacial score (nSPS) is 11.6. The summed E-state index contributed by atoms with van der Waals surface area (Å²) in [6.45, 7) is 3.53. The largest absolute Gasteiger partial charge is 0.497 e. The van der Waals surface area contributed by atoms with Crippen molar-refractivity contribution in [1.82, 2.24) is 0 Å². The number of hydrogen-bond donors (Lipinski definition) is 1. The molecular formula is C15H16O2. The van der Waals surface area contributed by atoms with Crippen LogP contribution in [0.3, 0.4) is 0 Å². The summed E-state index contributed by atoms with van der Waals surface area (Å²) in [4.78, 5) is 0. The molecule has 1 aromatic carbocycles. The molecule has 2 nitrogen and oxygen atoms in total. The number of hydrogen-bond acceptors (Lipinski definition) is 2. The van der Waals surface area contributed by atoms with Gasteiger partial charge in [0, 0.05) is 12.0 Å². The van der Waals surface area contributed by atoms with E-state index in [4.69, 9.17) is 4.74 Å². The quantitative estimate of drug-likeness (QED) is 0.634. The molecule has 0 amide bonds. The smallest absolute Gasteiger partial charge is 0.118 e. The first-order valence-electron chi connectivity index (χ1n) is 5.36. The summed E-state index contributed by atoms with van der Waals surface area (Å²) in [6, 6.07) is 7.49. The lowest BCUT2D eigenvalue weighted by molar-refractivity contribution is 0.229. The van der Waals surface area contributed by atoms with Gasteiger partial charge in [0.2, 0.25) is 0 Å². The second kappa shape index (κ2) is 7.32. The fraction of sp³-hybridized carbons (Fsp3) is 0.200. The predicted molar refractivity (Wildman–Crippen MR) is 69.8 cm³/mol. The maximum absolute atomic E-state index is 9.48. The molecule has 0 bridgehead atoms. The van der Waals surface area contributed by atoms with Gasteiger partial charge in [-0.15, -0.1) is 0 Å². The van der Waals surface area contributed by atoms with E-state index in [1.807, 2.05) is 24.3 Å². The van der Waals surface area contributed by atoms with Crippen molar-refractivity contribution in [1.29, 1.82) is 0 Å². The zero-order valence-electron chi connectivity index (χ0n) is 9.89. The highest BCUT2D eigenvalue weighted by molar-refractivity contribution is 5.38. The molecule has 0 radical (unpaired) electrons. The van der Waals surface area contributed by atoms with Crippen molar-refractivity contribution < 1.29 is 9.84 Å². The lowest BCUT2D eigenvalue weighted by Crippen LogP contribution is -1.99. The van der Waals surface area contributed by atoms with Gasteiger partial charge in [0.15, 0.2) is 0 Å². The summed E-state index contributed by atoms with van der Waals surface area (Å²) in [5, 5.41) is 9.48. The Morgan fingerprint density at radius 2 is 2.12 bits per heavy atom. The summed E-state index contributed by atoms with van der Waals surface area (Å²) in [5.74, 6) is 6.71. The Bertz CT molecular complexity index is 432. The highest BCUT2D eigenvalue weighted by atomic mass is 16.5. The van der Waals surface area contributed by atoms with Crippen LogP contribution in [0.4, 0.5) is 0 Å². The van der Waals surface area contributed by atoms with E-state index in [-0.39, 0.29) is 0 Å². The SMILES string of the molecule is C=C/C=C/[C@H](O)CC#Cc1ccc(OC)cc1. The third-order valence-corrected chi connectivity index (χ3v) is 2.10. The van der Waals surface area contributed by atoms with Gasteiger partial charge in [0.25, 0.3) is 0 Å². The molecule has 0 aliphatic heterocycles. The predicted octanol–water partition coefficient (Wildman–Crippen LogP) is 2.54. The highest BCUT2D eigenvalue weighted by Crippen LogP contribution is 2.10. The molecule has 0 saturated heterocycles. The van der Waals surface area contributed by atoms with Crippen molar-refractivity contribution in [3.05, 3.63) is 54.6 Å². The zero-order chi connectivity index (χ0) is 12.5. The van der Waals surface area contributed by atoms with Crippen LogP contribution in [0.25, 0.3) is 0 Å². The molecule has 1 rings (SSSR count). The van der Waals surface area contributed by atoms with Crippen LogP contribution in [0, 0.1) is 11.8 Å². The second-order valence-corrected chi connectivity index (χ2v) is 3.42. The van der Waals surface area contributed by atoms with Gasteiger partial charge in [-0.2, -0.15) is 0 Å².